The second kappa shape index (κ2) is 3.13. The number of hydrogen-bond acceptors (Lipinski definition) is 2. The van der Waals surface area contributed by atoms with Crippen molar-refractivity contribution in [1.29, 1.82) is 0 Å². The summed E-state index contributed by atoms with van der Waals surface area (Å²) in [6.45, 7) is 2.22. The molecule has 3 unspecified atom stereocenters. The molecular weight excluding hydrogens is 166 g/mol. The highest BCUT2D eigenvalue weighted by molar-refractivity contribution is 6.03. The molecule has 2 fully saturated rings. The van der Waals surface area contributed by atoms with Gasteiger partial charge in [0.15, 0.2) is 0 Å². The largest absolute Gasteiger partial charge is 0.296 e. The number of rotatable bonds is 1. The molecule has 3 nitrogen and oxygen atoms in total. The van der Waals surface area contributed by atoms with Crippen molar-refractivity contribution in [3.8, 4) is 0 Å². The second-order valence-electron chi connectivity index (χ2n) is 4.40. The summed E-state index contributed by atoms with van der Waals surface area (Å²) in [5, 5.41) is 2.38. The molecule has 1 aliphatic carbocycles. The van der Waals surface area contributed by atoms with Gasteiger partial charge in [0.05, 0.1) is 0 Å². The van der Waals surface area contributed by atoms with Gasteiger partial charge in [0.2, 0.25) is 11.8 Å². The van der Waals surface area contributed by atoms with Crippen LogP contribution in [-0.2, 0) is 9.59 Å². The molecule has 1 aliphatic heterocycles. The van der Waals surface area contributed by atoms with Crippen molar-refractivity contribution in [3.63, 3.8) is 0 Å². The Morgan fingerprint density at radius 2 is 2.08 bits per heavy atom. The standard InChI is InChI=1S/C10H15NO2/c1-6-2-3-7(4-6)8-5-9(12)11-10(8)13/h6-8H,2-5H2,1H3,(H,11,12,13). The molecule has 3 atom stereocenters. The lowest BCUT2D eigenvalue weighted by atomic mass is 9.89. The zero-order valence-corrected chi connectivity index (χ0v) is 7.88. The summed E-state index contributed by atoms with van der Waals surface area (Å²) in [4.78, 5) is 22.3. The van der Waals surface area contributed by atoms with Crippen molar-refractivity contribution in [1.82, 2.24) is 5.32 Å². The van der Waals surface area contributed by atoms with E-state index in [0.717, 1.165) is 18.8 Å². The fraction of sp³-hybridized carbons (Fsp3) is 0.800. The van der Waals surface area contributed by atoms with E-state index in [2.05, 4.69) is 12.2 Å². The van der Waals surface area contributed by atoms with E-state index < -0.39 is 0 Å². The first kappa shape index (κ1) is 8.73. The van der Waals surface area contributed by atoms with Gasteiger partial charge in [-0.05, 0) is 24.7 Å². The number of nitrogens with one attached hydrogen (secondary N) is 1. The van der Waals surface area contributed by atoms with Crippen LogP contribution in [0.5, 0.6) is 0 Å². The highest BCUT2D eigenvalue weighted by atomic mass is 16.2. The summed E-state index contributed by atoms with van der Waals surface area (Å²) in [6.07, 6.45) is 3.87. The lowest BCUT2D eigenvalue weighted by Crippen LogP contribution is -2.25. The summed E-state index contributed by atoms with van der Waals surface area (Å²) in [5.41, 5.74) is 0. The van der Waals surface area contributed by atoms with Gasteiger partial charge >= 0.3 is 0 Å². The van der Waals surface area contributed by atoms with Gasteiger partial charge in [-0.15, -0.1) is 0 Å². The van der Waals surface area contributed by atoms with E-state index >= 15 is 0 Å². The maximum atomic E-state index is 11.3. The smallest absolute Gasteiger partial charge is 0.230 e. The van der Waals surface area contributed by atoms with Crippen molar-refractivity contribution >= 4 is 11.8 Å². The number of amides is 2. The van der Waals surface area contributed by atoms with Crippen LogP contribution in [0.3, 0.4) is 0 Å². The Morgan fingerprint density at radius 1 is 1.31 bits per heavy atom. The number of hydrogen-bond donors (Lipinski definition) is 1. The SMILES string of the molecule is CC1CCC(C2CC(=O)NC2=O)C1. The molecule has 2 aliphatic rings. The number of carbonyl (C=O) groups excluding carboxylic acids is 2. The van der Waals surface area contributed by atoms with Gasteiger partial charge < -0.3 is 0 Å². The Labute approximate surface area is 77.9 Å². The van der Waals surface area contributed by atoms with Gasteiger partial charge in [-0.3, -0.25) is 14.9 Å². The molecule has 2 amide bonds. The van der Waals surface area contributed by atoms with Crippen LogP contribution in [0.25, 0.3) is 0 Å². The Hall–Kier alpha value is -0.860. The normalized spacial score (nSPS) is 39.6. The minimum Gasteiger partial charge on any atom is -0.296 e. The van der Waals surface area contributed by atoms with Crippen molar-refractivity contribution in [3.05, 3.63) is 0 Å². The van der Waals surface area contributed by atoms with Crippen LogP contribution in [0.4, 0.5) is 0 Å². The predicted octanol–water partition coefficient (Wildman–Crippen LogP) is 1.09. The molecule has 2 rings (SSSR count). The summed E-state index contributed by atoms with van der Waals surface area (Å²) in [6, 6.07) is 0. The fourth-order valence-corrected chi connectivity index (χ4v) is 2.57. The van der Waals surface area contributed by atoms with Gasteiger partial charge in [0.1, 0.15) is 0 Å². The second-order valence-corrected chi connectivity index (χ2v) is 4.40. The number of carbonyl (C=O) groups is 2. The third-order valence-electron chi connectivity index (χ3n) is 3.31. The maximum Gasteiger partial charge on any atom is 0.230 e. The van der Waals surface area contributed by atoms with Gasteiger partial charge in [-0.1, -0.05) is 13.3 Å². The van der Waals surface area contributed by atoms with E-state index in [1.807, 2.05) is 0 Å². The molecule has 0 aromatic carbocycles. The maximum absolute atomic E-state index is 11.3. The first-order chi connectivity index (χ1) is 6.16. The van der Waals surface area contributed by atoms with E-state index in [9.17, 15) is 9.59 Å². The topological polar surface area (TPSA) is 46.2 Å². The Morgan fingerprint density at radius 3 is 2.54 bits per heavy atom. The van der Waals surface area contributed by atoms with Gasteiger partial charge in [-0.25, -0.2) is 0 Å². The zero-order chi connectivity index (χ0) is 9.42. The molecule has 1 heterocycles. The Bertz CT molecular complexity index is 249. The minimum absolute atomic E-state index is 0.0163. The van der Waals surface area contributed by atoms with Crippen molar-refractivity contribution in [2.24, 2.45) is 17.8 Å². The molecule has 72 valence electrons. The van der Waals surface area contributed by atoms with Crippen LogP contribution in [0.1, 0.15) is 32.6 Å². The molecular formula is C10H15NO2. The number of imide groups is 1. The van der Waals surface area contributed by atoms with Gasteiger partial charge in [0.25, 0.3) is 0 Å². The third kappa shape index (κ3) is 1.60. The summed E-state index contributed by atoms with van der Waals surface area (Å²) in [5.74, 6) is 1.05. The van der Waals surface area contributed by atoms with Crippen LogP contribution < -0.4 is 5.32 Å². The van der Waals surface area contributed by atoms with Crippen LogP contribution >= 0.6 is 0 Å². The Kier molecular flexibility index (Phi) is 2.10. The lowest BCUT2D eigenvalue weighted by Gasteiger charge is -2.13. The predicted molar refractivity (Wildman–Crippen MR) is 47.8 cm³/mol. The molecule has 0 aromatic heterocycles. The van der Waals surface area contributed by atoms with E-state index in [1.54, 1.807) is 0 Å². The van der Waals surface area contributed by atoms with Crippen molar-refractivity contribution < 1.29 is 9.59 Å². The summed E-state index contributed by atoms with van der Waals surface area (Å²) < 4.78 is 0. The fourth-order valence-electron chi connectivity index (χ4n) is 2.57. The zero-order valence-electron chi connectivity index (χ0n) is 7.88. The average molecular weight is 181 g/mol. The van der Waals surface area contributed by atoms with E-state index in [-0.39, 0.29) is 17.7 Å². The highest BCUT2D eigenvalue weighted by Crippen LogP contribution is 2.38. The monoisotopic (exact) mass is 181 g/mol. The highest BCUT2D eigenvalue weighted by Gasteiger charge is 2.39. The average Bonchev–Trinajstić information content (AvgIpc) is 2.58. The van der Waals surface area contributed by atoms with E-state index in [0.29, 0.717) is 12.3 Å². The first-order valence-corrected chi connectivity index (χ1v) is 5.00. The van der Waals surface area contributed by atoms with Crippen molar-refractivity contribution in [2.75, 3.05) is 0 Å². The van der Waals surface area contributed by atoms with Crippen LogP contribution in [0.2, 0.25) is 0 Å². The third-order valence-corrected chi connectivity index (χ3v) is 3.31. The van der Waals surface area contributed by atoms with Crippen LogP contribution in [-0.4, -0.2) is 11.8 Å². The molecule has 1 N–H and O–H groups in total. The molecule has 1 saturated carbocycles. The lowest BCUT2D eigenvalue weighted by molar-refractivity contribution is -0.126. The van der Waals surface area contributed by atoms with Crippen LogP contribution in [0.15, 0.2) is 0 Å². The quantitative estimate of drug-likeness (QED) is 0.615. The molecule has 0 bridgehead atoms. The first-order valence-electron chi connectivity index (χ1n) is 5.00. The molecule has 3 heteroatoms. The molecule has 13 heavy (non-hydrogen) atoms. The van der Waals surface area contributed by atoms with Crippen molar-refractivity contribution in [2.45, 2.75) is 32.6 Å². The van der Waals surface area contributed by atoms with E-state index in [4.69, 9.17) is 0 Å². The van der Waals surface area contributed by atoms with Gasteiger partial charge in [0, 0.05) is 12.3 Å². The molecule has 0 radical (unpaired) electrons. The van der Waals surface area contributed by atoms with Gasteiger partial charge in [-0.2, -0.15) is 0 Å². The Balaban J connectivity index is 2.01. The molecule has 0 aromatic rings. The summed E-state index contributed by atoms with van der Waals surface area (Å²) in [7, 11) is 0. The minimum atomic E-state index is -0.0884. The molecule has 0 spiro atoms. The van der Waals surface area contributed by atoms with E-state index in [1.165, 1.54) is 6.42 Å². The van der Waals surface area contributed by atoms with Crippen LogP contribution in [0, 0.1) is 17.8 Å². The molecule has 1 saturated heterocycles. The summed E-state index contributed by atoms with van der Waals surface area (Å²) >= 11 is 0.